The predicted molar refractivity (Wildman–Crippen MR) is 62.8 cm³/mol. The van der Waals surface area contributed by atoms with Crippen molar-refractivity contribution in [2.24, 2.45) is 5.41 Å². The van der Waals surface area contributed by atoms with Gasteiger partial charge < -0.3 is 9.64 Å². The molecule has 0 saturated heterocycles. The number of hydrogen-bond donors (Lipinski definition) is 0. The van der Waals surface area contributed by atoms with E-state index in [1.807, 2.05) is 13.8 Å². The lowest BCUT2D eigenvalue weighted by atomic mass is 9.82. The van der Waals surface area contributed by atoms with Gasteiger partial charge in [-0.05, 0) is 19.3 Å². The first-order valence-electron chi connectivity index (χ1n) is 5.73. The Morgan fingerprint density at radius 1 is 1.44 bits per heavy atom. The van der Waals surface area contributed by atoms with Crippen molar-refractivity contribution < 1.29 is 9.53 Å². The second kappa shape index (κ2) is 7.24. The smallest absolute Gasteiger partial charge is 0.242 e. The normalized spacial score (nSPS) is 10.9. The first-order chi connectivity index (χ1) is 7.57. The number of carbonyl (C=O) groups excluding carboxylic acids is 1. The highest BCUT2D eigenvalue weighted by Gasteiger charge is 2.36. The highest BCUT2D eigenvalue weighted by atomic mass is 16.5. The Labute approximate surface area is 98.2 Å². The van der Waals surface area contributed by atoms with E-state index in [0.29, 0.717) is 26.0 Å². The van der Waals surface area contributed by atoms with Crippen molar-refractivity contribution in [3.63, 3.8) is 0 Å². The quantitative estimate of drug-likeness (QED) is 0.622. The van der Waals surface area contributed by atoms with Crippen molar-refractivity contribution in [1.29, 1.82) is 5.26 Å². The van der Waals surface area contributed by atoms with Crippen LogP contribution in [0.25, 0.3) is 0 Å². The van der Waals surface area contributed by atoms with Crippen LogP contribution in [-0.2, 0) is 9.53 Å². The van der Waals surface area contributed by atoms with Crippen LogP contribution in [-0.4, -0.2) is 38.1 Å². The maximum Gasteiger partial charge on any atom is 0.242 e. The van der Waals surface area contributed by atoms with Crippen molar-refractivity contribution in [1.82, 2.24) is 4.90 Å². The Balaban J connectivity index is 4.45. The maximum absolute atomic E-state index is 12.1. The summed E-state index contributed by atoms with van der Waals surface area (Å²) in [4.78, 5) is 13.7. The number of methoxy groups -OCH3 is 1. The van der Waals surface area contributed by atoms with E-state index >= 15 is 0 Å². The number of rotatable bonds is 7. The standard InChI is InChI=1S/C12H22N2O2/c1-5-12(6-2,10-13)11(15)14(3)8-7-9-16-4/h5-9H2,1-4H3. The summed E-state index contributed by atoms with van der Waals surface area (Å²) in [6.45, 7) is 5.03. The Morgan fingerprint density at radius 2 is 2.00 bits per heavy atom. The molecule has 0 spiro atoms. The molecule has 4 heteroatoms. The maximum atomic E-state index is 12.1. The van der Waals surface area contributed by atoms with Gasteiger partial charge in [0.05, 0.1) is 6.07 Å². The first kappa shape index (κ1) is 14.9. The summed E-state index contributed by atoms with van der Waals surface area (Å²) >= 11 is 0. The molecule has 16 heavy (non-hydrogen) atoms. The molecule has 0 heterocycles. The molecule has 0 fully saturated rings. The van der Waals surface area contributed by atoms with Gasteiger partial charge in [0.15, 0.2) is 0 Å². The first-order valence-corrected chi connectivity index (χ1v) is 5.73. The van der Waals surface area contributed by atoms with Crippen molar-refractivity contribution >= 4 is 5.91 Å². The van der Waals surface area contributed by atoms with Gasteiger partial charge in [-0.1, -0.05) is 13.8 Å². The van der Waals surface area contributed by atoms with E-state index in [1.165, 1.54) is 0 Å². The molecule has 0 bridgehead atoms. The van der Waals surface area contributed by atoms with Crippen molar-refractivity contribution in [2.45, 2.75) is 33.1 Å². The SMILES string of the molecule is CCC(C#N)(CC)C(=O)N(C)CCCOC. The minimum Gasteiger partial charge on any atom is -0.385 e. The molecule has 0 atom stereocenters. The summed E-state index contributed by atoms with van der Waals surface area (Å²) in [5, 5.41) is 9.15. The molecule has 0 saturated carbocycles. The summed E-state index contributed by atoms with van der Waals surface area (Å²) in [5.74, 6) is -0.0731. The van der Waals surface area contributed by atoms with Gasteiger partial charge in [-0.2, -0.15) is 5.26 Å². The van der Waals surface area contributed by atoms with Crippen LogP contribution in [0.2, 0.25) is 0 Å². The van der Waals surface area contributed by atoms with Crippen LogP contribution in [0, 0.1) is 16.7 Å². The third kappa shape index (κ3) is 3.49. The Kier molecular flexibility index (Phi) is 6.75. The van der Waals surface area contributed by atoms with E-state index in [2.05, 4.69) is 6.07 Å². The fourth-order valence-electron chi connectivity index (χ4n) is 1.67. The lowest BCUT2D eigenvalue weighted by Crippen LogP contribution is -2.41. The number of carbonyl (C=O) groups is 1. The lowest BCUT2D eigenvalue weighted by molar-refractivity contribution is -0.138. The van der Waals surface area contributed by atoms with Crippen molar-refractivity contribution in [3.05, 3.63) is 0 Å². The van der Waals surface area contributed by atoms with Gasteiger partial charge >= 0.3 is 0 Å². The van der Waals surface area contributed by atoms with Crippen LogP contribution < -0.4 is 0 Å². The Bertz CT molecular complexity index is 254. The van der Waals surface area contributed by atoms with Gasteiger partial charge in [0, 0.05) is 27.3 Å². The van der Waals surface area contributed by atoms with Crippen LogP contribution in [0.15, 0.2) is 0 Å². The zero-order valence-electron chi connectivity index (χ0n) is 10.7. The number of hydrogen-bond acceptors (Lipinski definition) is 3. The molecule has 0 radical (unpaired) electrons. The minimum atomic E-state index is -0.845. The molecule has 0 aromatic heterocycles. The zero-order valence-corrected chi connectivity index (χ0v) is 10.7. The Hall–Kier alpha value is -1.08. The molecular formula is C12H22N2O2. The molecule has 4 nitrogen and oxygen atoms in total. The van der Waals surface area contributed by atoms with Crippen LogP contribution in [0.5, 0.6) is 0 Å². The van der Waals surface area contributed by atoms with Gasteiger partial charge in [-0.25, -0.2) is 0 Å². The molecule has 0 aliphatic rings. The van der Waals surface area contributed by atoms with Crippen molar-refractivity contribution in [2.75, 3.05) is 27.3 Å². The molecule has 0 aromatic carbocycles. The molecule has 0 rings (SSSR count). The Morgan fingerprint density at radius 3 is 2.38 bits per heavy atom. The molecule has 0 aliphatic carbocycles. The van der Waals surface area contributed by atoms with E-state index < -0.39 is 5.41 Å². The molecule has 0 N–H and O–H groups in total. The summed E-state index contributed by atoms with van der Waals surface area (Å²) in [6, 6.07) is 2.16. The van der Waals surface area contributed by atoms with E-state index in [0.717, 1.165) is 6.42 Å². The molecular weight excluding hydrogens is 204 g/mol. The second-order valence-corrected chi connectivity index (χ2v) is 3.97. The summed E-state index contributed by atoms with van der Waals surface area (Å²) in [7, 11) is 3.38. The van der Waals surface area contributed by atoms with Crippen LogP contribution in [0.3, 0.4) is 0 Å². The van der Waals surface area contributed by atoms with Gasteiger partial charge in [0.1, 0.15) is 5.41 Å². The topological polar surface area (TPSA) is 53.3 Å². The van der Waals surface area contributed by atoms with E-state index in [9.17, 15) is 4.79 Å². The van der Waals surface area contributed by atoms with E-state index in [-0.39, 0.29) is 5.91 Å². The molecule has 0 unspecified atom stereocenters. The fourth-order valence-corrected chi connectivity index (χ4v) is 1.67. The zero-order chi connectivity index (χ0) is 12.6. The number of amides is 1. The van der Waals surface area contributed by atoms with Crippen molar-refractivity contribution in [3.8, 4) is 6.07 Å². The molecule has 0 aromatic rings. The average Bonchev–Trinajstić information content (AvgIpc) is 2.32. The van der Waals surface area contributed by atoms with E-state index in [4.69, 9.17) is 10.00 Å². The highest BCUT2D eigenvalue weighted by molar-refractivity contribution is 5.85. The monoisotopic (exact) mass is 226 g/mol. The number of nitrogens with zero attached hydrogens (tertiary/aromatic N) is 2. The predicted octanol–water partition coefficient (Wildman–Crippen LogP) is 1.81. The fraction of sp³-hybridized carbons (Fsp3) is 0.833. The van der Waals surface area contributed by atoms with Gasteiger partial charge in [0.25, 0.3) is 0 Å². The third-order valence-corrected chi connectivity index (χ3v) is 3.02. The molecule has 0 aliphatic heterocycles. The minimum absolute atomic E-state index is 0.0731. The van der Waals surface area contributed by atoms with Crippen LogP contribution in [0.1, 0.15) is 33.1 Å². The lowest BCUT2D eigenvalue weighted by Gasteiger charge is -2.28. The largest absolute Gasteiger partial charge is 0.385 e. The van der Waals surface area contributed by atoms with Gasteiger partial charge in [-0.15, -0.1) is 0 Å². The molecule has 92 valence electrons. The van der Waals surface area contributed by atoms with Gasteiger partial charge in [-0.3, -0.25) is 4.79 Å². The number of ether oxygens (including phenoxy) is 1. The van der Waals surface area contributed by atoms with Crippen LogP contribution in [0.4, 0.5) is 0 Å². The second-order valence-electron chi connectivity index (χ2n) is 3.97. The van der Waals surface area contributed by atoms with Gasteiger partial charge in [0.2, 0.25) is 5.91 Å². The summed E-state index contributed by atoms with van der Waals surface area (Å²) in [6.07, 6.45) is 1.93. The summed E-state index contributed by atoms with van der Waals surface area (Å²) < 4.78 is 4.93. The van der Waals surface area contributed by atoms with E-state index in [1.54, 1.807) is 19.1 Å². The average molecular weight is 226 g/mol. The number of nitriles is 1. The highest BCUT2D eigenvalue weighted by Crippen LogP contribution is 2.27. The van der Waals surface area contributed by atoms with Crippen LogP contribution >= 0.6 is 0 Å². The summed E-state index contributed by atoms with van der Waals surface area (Å²) in [5.41, 5.74) is -0.845. The third-order valence-electron chi connectivity index (χ3n) is 3.02. The molecule has 1 amide bonds.